The lowest BCUT2D eigenvalue weighted by Crippen LogP contribution is -3.00. The molecule has 0 aromatic carbocycles. The van der Waals surface area contributed by atoms with Gasteiger partial charge in [-0.25, -0.2) is 9.13 Å². The van der Waals surface area contributed by atoms with Crippen LogP contribution in [-0.2, 0) is 20.5 Å². The number of nitrogens with zero attached hydrogens (tertiary/aromatic N) is 3. The molecule has 0 saturated heterocycles. The summed E-state index contributed by atoms with van der Waals surface area (Å²) in [5.74, 6) is 1.03. The summed E-state index contributed by atoms with van der Waals surface area (Å²) in [4.78, 5) is 0. The van der Waals surface area contributed by atoms with E-state index >= 15 is 0 Å². The van der Waals surface area contributed by atoms with E-state index in [4.69, 9.17) is 5.26 Å². The van der Waals surface area contributed by atoms with Crippen LogP contribution in [0.3, 0.4) is 0 Å². The van der Waals surface area contributed by atoms with Crippen LogP contribution in [0.25, 0.3) is 0 Å². The van der Waals surface area contributed by atoms with Crippen molar-refractivity contribution in [2.45, 2.75) is 6.42 Å². The maximum Gasteiger partial charge on any atom is 0.270 e. The van der Waals surface area contributed by atoms with Crippen molar-refractivity contribution >= 4 is 0 Å². The van der Waals surface area contributed by atoms with E-state index in [-0.39, 0.29) is 24.0 Å². The van der Waals surface area contributed by atoms with Gasteiger partial charge in [0.25, 0.3) is 5.82 Å². The highest BCUT2D eigenvalue weighted by molar-refractivity contribution is 4.91. The number of imidazole rings is 1. The molecule has 0 spiro atoms. The SMILES string of the molecule is Cn1cc[n+](C)c1CC#N.[I-]. The third-order valence-electron chi connectivity index (χ3n) is 1.57. The standard InChI is InChI=1S/C7H10N3.HI/c1-9-5-6-10(2)7(9)3-4-8;/h5-6H,3H2,1-2H3;1H/q+1;/p-1. The van der Waals surface area contributed by atoms with Gasteiger partial charge in [-0.05, 0) is 0 Å². The quantitative estimate of drug-likeness (QED) is 0.391. The Morgan fingerprint density at radius 3 is 2.73 bits per heavy atom. The third kappa shape index (κ3) is 2.19. The zero-order valence-electron chi connectivity index (χ0n) is 6.58. The van der Waals surface area contributed by atoms with Crippen molar-refractivity contribution in [1.82, 2.24) is 4.57 Å². The molecule has 0 saturated carbocycles. The van der Waals surface area contributed by atoms with Gasteiger partial charge in [-0.2, -0.15) is 5.26 Å². The zero-order chi connectivity index (χ0) is 7.56. The van der Waals surface area contributed by atoms with E-state index in [1.807, 2.05) is 35.6 Å². The predicted octanol–water partition coefficient (Wildman–Crippen LogP) is -3.08. The highest BCUT2D eigenvalue weighted by atomic mass is 127. The monoisotopic (exact) mass is 263 g/mol. The molecule has 0 fully saturated rings. The number of aryl methyl sites for hydroxylation is 2. The van der Waals surface area contributed by atoms with E-state index in [1.165, 1.54) is 0 Å². The summed E-state index contributed by atoms with van der Waals surface area (Å²) >= 11 is 0. The van der Waals surface area contributed by atoms with Gasteiger partial charge >= 0.3 is 0 Å². The van der Waals surface area contributed by atoms with Crippen LogP contribution in [0.5, 0.6) is 0 Å². The lowest BCUT2D eigenvalue weighted by molar-refractivity contribution is -0.678. The summed E-state index contributed by atoms with van der Waals surface area (Å²) in [6, 6.07) is 2.11. The van der Waals surface area contributed by atoms with Crippen LogP contribution in [0, 0.1) is 11.3 Å². The number of hydrogen-bond acceptors (Lipinski definition) is 1. The van der Waals surface area contributed by atoms with E-state index in [2.05, 4.69) is 6.07 Å². The van der Waals surface area contributed by atoms with Crippen LogP contribution in [0.2, 0.25) is 0 Å². The highest BCUT2D eigenvalue weighted by Gasteiger charge is 2.08. The van der Waals surface area contributed by atoms with E-state index in [0.717, 1.165) is 5.82 Å². The van der Waals surface area contributed by atoms with Crippen LogP contribution in [0.15, 0.2) is 12.4 Å². The molecule has 4 heteroatoms. The van der Waals surface area contributed by atoms with Crippen molar-refractivity contribution in [2.75, 3.05) is 0 Å². The van der Waals surface area contributed by atoms with Crippen molar-refractivity contribution in [3.63, 3.8) is 0 Å². The van der Waals surface area contributed by atoms with Gasteiger partial charge < -0.3 is 24.0 Å². The second-order valence-electron chi connectivity index (χ2n) is 2.27. The normalized spacial score (nSPS) is 8.45. The summed E-state index contributed by atoms with van der Waals surface area (Å²) in [7, 11) is 3.87. The minimum absolute atomic E-state index is 0. The molecule has 60 valence electrons. The second kappa shape index (κ2) is 4.34. The molecule has 0 amide bonds. The predicted molar refractivity (Wildman–Crippen MR) is 35.9 cm³/mol. The largest absolute Gasteiger partial charge is 1.00 e. The van der Waals surface area contributed by atoms with Crippen molar-refractivity contribution in [1.29, 1.82) is 5.26 Å². The summed E-state index contributed by atoms with van der Waals surface area (Å²) in [6.07, 6.45) is 4.35. The van der Waals surface area contributed by atoms with Gasteiger partial charge in [0.15, 0.2) is 0 Å². The molecule has 0 atom stereocenters. The van der Waals surface area contributed by atoms with E-state index in [1.54, 1.807) is 0 Å². The minimum atomic E-state index is 0. The first-order valence-electron chi connectivity index (χ1n) is 3.12. The van der Waals surface area contributed by atoms with Crippen LogP contribution in [0.1, 0.15) is 5.82 Å². The fourth-order valence-corrected chi connectivity index (χ4v) is 0.941. The Balaban J connectivity index is 0.000001000. The zero-order valence-corrected chi connectivity index (χ0v) is 8.74. The Bertz CT molecular complexity index is 252. The molecular formula is C7H10IN3. The number of aromatic nitrogens is 2. The molecule has 1 aromatic heterocycles. The van der Waals surface area contributed by atoms with E-state index < -0.39 is 0 Å². The second-order valence-corrected chi connectivity index (χ2v) is 2.27. The van der Waals surface area contributed by atoms with Gasteiger partial charge in [0.2, 0.25) is 0 Å². The first-order chi connectivity index (χ1) is 4.75. The van der Waals surface area contributed by atoms with Crippen molar-refractivity contribution in [3.8, 4) is 6.07 Å². The highest BCUT2D eigenvalue weighted by Crippen LogP contribution is 1.90. The van der Waals surface area contributed by atoms with Gasteiger partial charge in [0, 0.05) is 0 Å². The van der Waals surface area contributed by atoms with E-state index in [0.29, 0.717) is 6.42 Å². The molecule has 3 nitrogen and oxygen atoms in total. The molecule has 0 aliphatic carbocycles. The average molecular weight is 263 g/mol. The minimum Gasteiger partial charge on any atom is -1.00 e. The Morgan fingerprint density at radius 2 is 2.36 bits per heavy atom. The molecule has 0 N–H and O–H groups in total. The smallest absolute Gasteiger partial charge is 0.270 e. The number of halogens is 1. The third-order valence-corrected chi connectivity index (χ3v) is 1.57. The van der Waals surface area contributed by atoms with Crippen molar-refractivity contribution in [2.24, 2.45) is 14.1 Å². The number of hydrogen-bond donors (Lipinski definition) is 0. The van der Waals surface area contributed by atoms with E-state index in [9.17, 15) is 0 Å². The first-order valence-corrected chi connectivity index (χ1v) is 3.12. The molecular weight excluding hydrogens is 253 g/mol. The van der Waals surface area contributed by atoms with Gasteiger partial charge in [-0.15, -0.1) is 0 Å². The summed E-state index contributed by atoms with van der Waals surface area (Å²) < 4.78 is 3.90. The fourth-order valence-electron chi connectivity index (χ4n) is 0.941. The molecule has 0 unspecified atom stereocenters. The molecule has 1 heterocycles. The number of nitriles is 1. The molecule has 0 bridgehead atoms. The summed E-state index contributed by atoms with van der Waals surface area (Å²) in [5, 5.41) is 8.41. The average Bonchev–Trinajstić information content (AvgIpc) is 2.20. The molecule has 1 rings (SSSR count). The fraction of sp³-hybridized carbons (Fsp3) is 0.429. The first kappa shape index (κ1) is 10.4. The van der Waals surface area contributed by atoms with Gasteiger partial charge in [0.1, 0.15) is 18.8 Å². The Kier molecular flexibility index (Phi) is 4.11. The van der Waals surface area contributed by atoms with Crippen molar-refractivity contribution < 1.29 is 28.5 Å². The lowest BCUT2D eigenvalue weighted by Gasteiger charge is -1.89. The maximum atomic E-state index is 8.41. The van der Waals surface area contributed by atoms with Crippen LogP contribution in [0.4, 0.5) is 0 Å². The summed E-state index contributed by atoms with van der Waals surface area (Å²) in [6.45, 7) is 0. The molecule has 0 radical (unpaired) electrons. The van der Waals surface area contributed by atoms with Crippen LogP contribution >= 0.6 is 0 Å². The Morgan fingerprint density at radius 1 is 1.73 bits per heavy atom. The topological polar surface area (TPSA) is 32.6 Å². The summed E-state index contributed by atoms with van der Waals surface area (Å²) in [5.41, 5.74) is 0. The van der Waals surface area contributed by atoms with Crippen LogP contribution < -0.4 is 28.5 Å². The van der Waals surface area contributed by atoms with Gasteiger partial charge in [0.05, 0.1) is 20.2 Å². The van der Waals surface area contributed by atoms with Gasteiger partial charge in [-0.1, -0.05) is 0 Å². The Labute approximate surface area is 83.3 Å². The van der Waals surface area contributed by atoms with Gasteiger partial charge in [-0.3, -0.25) is 0 Å². The lowest BCUT2D eigenvalue weighted by atomic mass is 10.4. The molecule has 0 aliphatic heterocycles. The molecule has 11 heavy (non-hydrogen) atoms. The van der Waals surface area contributed by atoms with Crippen LogP contribution in [-0.4, -0.2) is 4.57 Å². The molecule has 1 aromatic rings. The van der Waals surface area contributed by atoms with Crippen molar-refractivity contribution in [3.05, 3.63) is 18.2 Å². The number of rotatable bonds is 1. The molecule has 0 aliphatic rings. The maximum absolute atomic E-state index is 8.41. The Hall–Kier alpha value is -0.570.